The van der Waals surface area contributed by atoms with Gasteiger partial charge in [-0.2, -0.15) is 0 Å². The lowest BCUT2D eigenvalue weighted by molar-refractivity contribution is 0.464. The molecule has 1 nitrogen and oxygen atoms in total. The zero-order valence-electron chi connectivity index (χ0n) is 8.18. The summed E-state index contributed by atoms with van der Waals surface area (Å²) in [5.41, 5.74) is 1.57. The maximum Gasteiger partial charge on any atom is 0.0331 e. The van der Waals surface area contributed by atoms with Gasteiger partial charge < -0.3 is 5.32 Å². The third-order valence-electron chi connectivity index (χ3n) is 2.69. The monoisotopic (exact) mass is 195 g/mol. The quantitative estimate of drug-likeness (QED) is 0.781. The van der Waals surface area contributed by atoms with Crippen LogP contribution in [0.15, 0.2) is 11.4 Å². The van der Waals surface area contributed by atoms with Gasteiger partial charge in [0.1, 0.15) is 0 Å². The number of thiophene rings is 1. The van der Waals surface area contributed by atoms with E-state index in [0.717, 1.165) is 6.54 Å². The second kappa shape index (κ2) is 4.25. The Morgan fingerprint density at radius 3 is 3.38 bits per heavy atom. The third-order valence-corrected chi connectivity index (χ3v) is 3.69. The third kappa shape index (κ3) is 1.94. The summed E-state index contributed by atoms with van der Waals surface area (Å²) in [6.45, 7) is 3.38. The standard InChI is InChI=1S/C11H17NS/c1-2-7-12-10-4-3-5-11-9(10)6-8-13-11/h6,8,10,12H,2-5,7H2,1H3. The molecule has 0 bridgehead atoms. The molecule has 2 rings (SSSR count). The summed E-state index contributed by atoms with van der Waals surface area (Å²) in [5, 5.41) is 5.85. The average molecular weight is 195 g/mol. The van der Waals surface area contributed by atoms with Crippen molar-refractivity contribution in [3.63, 3.8) is 0 Å². The van der Waals surface area contributed by atoms with E-state index in [1.54, 1.807) is 10.4 Å². The Morgan fingerprint density at radius 1 is 1.62 bits per heavy atom. The first-order valence-corrected chi connectivity index (χ1v) is 6.09. The highest BCUT2D eigenvalue weighted by Crippen LogP contribution is 2.32. The lowest BCUT2D eigenvalue weighted by Gasteiger charge is -2.23. The molecule has 13 heavy (non-hydrogen) atoms. The number of fused-ring (bicyclic) bond motifs is 1. The van der Waals surface area contributed by atoms with Crippen LogP contribution in [0.5, 0.6) is 0 Å². The molecule has 72 valence electrons. The molecule has 2 heteroatoms. The highest BCUT2D eigenvalue weighted by Gasteiger charge is 2.19. The van der Waals surface area contributed by atoms with Gasteiger partial charge in [-0.15, -0.1) is 11.3 Å². The summed E-state index contributed by atoms with van der Waals surface area (Å²) < 4.78 is 0. The molecule has 1 heterocycles. The van der Waals surface area contributed by atoms with Crippen molar-refractivity contribution in [1.29, 1.82) is 0 Å². The Labute approximate surface area is 84.2 Å². The van der Waals surface area contributed by atoms with E-state index in [0.29, 0.717) is 6.04 Å². The van der Waals surface area contributed by atoms with Crippen molar-refractivity contribution in [3.05, 3.63) is 21.9 Å². The molecule has 1 atom stereocenters. The molecule has 1 N–H and O–H groups in total. The zero-order chi connectivity index (χ0) is 9.10. The minimum Gasteiger partial charge on any atom is -0.310 e. The van der Waals surface area contributed by atoms with E-state index in [4.69, 9.17) is 0 Å². The average Bonchev–Trinajstić information content (AvgIpc) is 2.62. The molecule has 1 aromatic heterocycles. The zero-order valence-corrected chi connectivity index (χ0v) is 8.99. The molecular formula is C11H17NS. The Balaban J connectivity index is 2.07. The second-order valence-electron chi connectivity index (χ2n) is 3.70. The highest BCUT2D eigenvalue weighted by molar-refractivity contribution is 7.10. The smallest absolute Gasteiger partial charge is 0.0331 e. The lowest BCUT2D eigenvalue weighted by atomic mass is 9.94. The Bertz CT molecular complexity index is 267. The van der Waals surface area contributed by atoms with Gasteiger partial charge >= 0.3 is 0 Å². The van der Waals surface area contributed by atoms with Crippen LogP contribution in [0.2, 0.25) is 0 Å². The van der Waals surface area contributed by atoms with Gasteiger partial charge in [0.2, 0.25) is 0 Å². The lowest BCUT2D eigenvalue weighted by Crippen LogP contribution is -2.24. The van der Waals surface area contributed by atoms with Crippen LogP contribution in [0, 0.1) is 0 Å². The van der Waals surface area contributed by atoms with Gasteiger partial charge in [-0.3, -0.25) is 0 Å². The molecule has 1 unspecified atom stereocenters. The first-order valence-electron chi connectivity index (χ1n) is 5.21. The molecule has 0 aromatic carbocycles. The summed E-state index contributed by atoms with van der Waals surface area (Å²) in [4.78, 5) is 1.61. The minimum absolute atomic E-state index is 0.648. The van der Waals surface area contributed by atoms with E-state index >= 15 is 0 Å². The highest BCUT2D eigenvalue weighted by atomic mass is 32.1. The maximum atomic E-state index is 3.62. The van der Waals surface area contributed by atoms with Crippen LogP contribution >= 0.6 is 11.3 Å². The van der Waals surface area contributed by atoms with E-state index in [9.17, 15) is 0 Å². The molecule has 1 aliphatic carbocycles. The van der Waals surface area contributed by atoms with Crippen LogP contribution in [0.3, 0.4) is 0 Å². The van der Waals surface area contributed by atoms with Crippen LogP contribution in [0.25, 0.3) is 0 Å². The van der Waals surface area contributed by atoms with Gasteiger partial charge in [-0.1, -0.05) is 6.92 Å². The van der Waals surface area contributed by atoms with Crippen LogP contribution in [0.1, 0.15) is 42.7 Å². The van der Waals surface area contributed by atoms with E-state index < -0.39 is 0 Å². The van der Waals surface area contributed by atoms with Crippen molar-refractivity contribution in [2.75, 3.05) is 6.54 Å². The molecule has 1 aliphatic rings. The van der Waals surface area contributed by atoms with Gasteiger partial charge in [0, 0.05) is 10.9 Å². The number of aryl methyl sites for hydroxylation is 1. The first-order chi connectivity index (χ1) is 6.42. The Kier molecular flexibility index (Phi) is 3.01. The van der Waals surface area contributed by atoms with Gasteiger partial charge in [0.25, 0.3) is 0 Å². The van der Waals surface area contributed by atoms with Crippen LogP contribution < -0.4 is 5.32 Å². The van der Waals surface area contributed by atoms with Gasteiger partial charge in [-0.25, -0.2) is 0 Å². The van der Waals surface area contributed by atoms with E-state index in [2.05, 4.69) is 23.7 Å². The molecule has 0 saturated heterocycles. The second-order valence-corrected chi connectivity index (χ2v) is 4.70. The Hall–Kier alpha value is -0.340. The summed E-state index contributed by atoms with van der Waals surface area (Å²) in [6, 6.07) is 2.95. The summed E-state index contributed by atoms with van der Waals surface area (Å²) in [5.74, 6) is 0. The minimum atomic E-state index is 0.648. The summed E-state index contributed by atoms with van der Waals surface area (Å²) in [6.07, 6.45) is 5.21. The van der Waals surface area contributed by atoms with Crippen molar-refractivity contribution in [1.82, 2.24) is 5.32 Å². The fourth-order valence-electron chi connectivity index (χ4n) is 2.02. The molecule has 0 radical (unpaired) electrons. The number of hydrogen-bond acceptors (Lipinski definition) is 2. The largest absolute Gasteiger partial charge is 0.310 e. The van der Waals surface area contributed by atoms with Crippen molar-refractivity contribution >= 4 is 11.3 Å². The van der Waals surface area contributed by atoms with Crippen molar-refractivity contribution < 1.29 is 0 Å². The predicted molar refractivity (Wildman–Crippen MR) is 58.3 cm³/mol. The van der Waals surface area contributed by atoms with Crippen LogP contribution in [-0.2, 0) is 6.42 Å². The molecule has 0 fully saturated rings. The number of nitrogens with one attached hydrogen (secondary N) is 1. The van der Waals surface area contributed by atoms with Gasteiger partial charge in [0.05, 0.1) is 0 Å². The van der Waals surface area contributed by atoms with Gasteiger partial charge in [-0.05, 0) is 49.2 Å². The van der Waals surface area contributed by atoms with Crippen LogP contribution in [0.4, 0.5) is 0 Å². The fourth-order valence-corrected chi connectivity index (χ4v) is 3.00. The van der Waals surface area contributed by atoms with E-state index in [1.165, 1.54) is 25.7 Å². The van der Waals surface area contributed by atoms with E-state index in [1.807, 2.05) is 11.3 Å². The maximum absolute atomic E-state index is 3.62. The fraction of sp³-hybridized carbons (Fsp3) is 0.636. The molecule has 0 spiro atoms. The molecular weight excluding hydrogens is 178 g/mol. The predicted octanol–water partition coefficient (Wildman–Crippen LogP) is 3.13. The normalized spacial score (nSPS) is 21.5. The van der Waals surface area contributed by atoms with Gasteiger partial charge in [0.15, 0.2) is 0 Å². The first kappa shape index (κ1) is 9.22. The topological polar surface area (TPSA) is 12.0 Å². The molecule has 1 aromatic rings. The molecule has 0 saturated carbocycles. The Morgan fingerprint density at radius 2 is 2.54 bits per heavy atom. The van der Waals surface area contributed by atoms with Crippen molar-refractivity contribution in [2.24, 2.45) is 0 Å². The molecule has 0 aliphatic heterocycles. The number of hydrogen-bond donors (Lipinski definition) is 1. The van der Waals surface area contributed by atoms with Crippen molar-refractivity contribution in [3.8, 4) is 0 Å². The van der Waals surface area contributed by atoms with Crippen molar-refractivity contribution in [2.45, 2.75) is 38.6 Å². The van der Waals surface area contributed by atoms with Crippen LogP contribution in [-0.4, -0.2) is 6.54 Å². The SMILES string of the molecule is CCCNC1CCCc2sccc21. The van der Waals surface area contributed by atoms with E-state index in [-0.39, 0.29) is 0 Å². The molecule has 0 amide bonds. The number of rotatable bonds is 3. The summed E-state index contributed by atoms with van der Waals surface area (Å²) in [7, 11) is 0. The summed E-state index contributed by atoms with van der Waals surface area (Å²) >= 11 is 1.92.